The maximum Gasteiger partial charge on any atom is 1.00 e. The summed E-state index contributed by atoms with van der Waals surface area (Å²) < 4.78 is 49.3. The van der Waals surface area contributed by atoms with Crippen molar-refractivity contribution in [2.75, 3.05) is 6.61 Å². The summed E-state index contributed by atoms with van der Waals surface area (Å²) in [6, 6.07) is -2.87. The largest absolute Gasteiger partial charge is 1.00 e. The monoisotopic (exact) mass is 706 g/mol. The van der Waals surface area contributed by atoms with Gasteiger partial charge < -0.3 is 49.9 Å². The Labute approximate surface area is 296 Å². The normalized spacial score (nSPS) is 33.3. The van der Waals surface area contributed by atoms with Crippen molar-refractivity contribution in [3.8, 4) is 0 Å². The molecular formula is C19H26N4Na2O18P2. The molecule has 0 amide bonds. The molecule has 3 heterocycles. The molecule has 3 rings (SSSR count). The Morgan fingerprint density at radius 3 is 2.11 bits per heavy atom. The van der Waals surface area contributed by atoms with Gasteiger partial charge in [-0.25, -0.2) is 18.7 Å². The number of hydrogen-bond donors (Lipinski definition) is 7. The molecule has 2 aliphatic heterocycles. The molecule has 2 fully saturated rings. The van der Waals surface area contributed by atoms with Gasteiger partial charge in [0.05, 0.1) is 6.61 Å². The summed E-state index contributed by atoms with van der Waals surface area (Å²) in [5.41, 5.74) is -1.81. The van der Waals surface area contributed by atoms with Gasteiger partial charge in [-0.05, 0) is 25.6 Å². The molecule has 1 aromatic rings. The molecule has 26 heteroatoms. The van der Waals surface area contributed by atoms with Crippen LogP contribution in [-0.4, -0.2) is 113 Å². The molecule has 2 aliphatic rings. The fourth-order valence-corrected chi connectivity index (χ4v) is 6.20. The number of carbonyl (C=O) groups is 1. The maximum absolute atomic E-state index is 12.6. The van der Waals surface area contributed by atoms with Crippen LogP contribution >= 0.6 is 15.6 Å². The van der Waals surface area contributed by atoms with Gasteiger partial charge in [0.1, 0.15) is 36.5 Å². The van der Waals surface area contributed by atoms with Crippen LogP contribution in [0.15, 0.2) is 31.8 Å². The van der Waals surface area contributed by atoms with Gasteiger partial charge >= 0.3 is 86.4 Å². The van der Waals surface area contributed by atoms with Crippen molar-refractivity contribution in [1.82, 2.24) is 9.55 Å². The molecule has 0 saturated carbocycles. The number of aliphatic imine (C=N–C) groups is 2. The smallest absolute Gasteiger partial charge is 0.862 e. The van der Waals surface area contributed by atoms with Crippen molar-refractivity contribution < 1.29 is 136 Å². The second-order valence-corrected chi connectivity index (χ2v) is 12.0. The van der Waals surface area contributed by atoms with E-state index in [1.54, 1.807) is 0 Å². The van der Waals surface area contributed by atoms with Crippen molar-refractivity contribution in [3.05, 3.63) is 33.1 Å². The second-order valence-electron chi connectivity index (χ2n) is 9.01. The summed E-state index contributed by atoms with van der Waals surface area (Å²) in [6.07, 6.45) is -12.7. The minimum absolute atomic E-state index is 0. The number of phosphoric ester groups is 2. The van der Waals surface area contributed by atoms with E-state index in [9.17, 15) is 63.9 Å². The molecule has 2 saturated heterocycles. The Morgan fingerprint density at radius 2 is 1.58 bits per heavy atom. The van der Waals surface area contributed by atoms with E-state index in [0.717, 1.165) is 26.1 Å². The van der Waals surface area contributed by atoms with Crippen LogP contribution in [0, 0.1) is 0 Å². The molecule has 11 atom stereocenters. The first kappa shape index (κ1) is 42.2. The van der Waals surface area contributed by atoms with E-state index in [4.69, 9.17) is 9.47 Å². The Morgan fingerprint density at radius 1 is 1.00 bits per heavy atom. The average molecular weight is 706 g/mol. The topological polar surface area (TPSA) is 344 Å². The van der Waals surface area contributed by atoms with Crippen molar-refractivity contribution in [3.63, 3.8) is 0 Å². The first-order chi connectivity index (χ1) is 19.8. The molecule has 0 radical (unpaired) electrons. The number of carboxylic acids is 1. The van der Waals surface area contributed by atoms with Gasteiger partial charge in [-0.1, -0.05) is 0 Å². The number of carboxylic acid groups (broad SMARTS) is 1. The zero-order chi connectivity index (χ0) is 32.4. The van der Waals surface area contributed by atoms with Crippen LogP contribution in [0.2, 0.25) is 0 Å². The number of H-pyrrole nitrogens is 1. The van der Waals surface area contributed by atoms with Gasteiger partial charge in [-0.2, -0.15) is 4.31 Å². The average Bonchev–Trinajstić information content (AvgIpc) is 3.13. The number of nitrogens with one attached hydrogen (secondary N) is 1. The van der Waals surface area contributed by atoms with Crippen molar-refractivity contribution >= 4 is 33.4 Å². The van der Waals surface area contributed by atoms with Gasteiger partial charge in [0.25, 0.3) is 5.56 Å². The van der Waals surface area contributed by atoms with E-state index in [-0.39, 0.29) is 59.1 Å². The number of nitrogens with zero attached hydrogens (tertiary/aromatic N) is 3. The van der Waals surface area contributed by atoms with Crippen molar-refractivity contribution in [2.45, 2.75) is 69.0 Å². The fraction of sp³-hybridized carbons (Fsp3) is 0.632. The molecule has 0 bridgehead atoms. The minimum Gasteiger partial charge on any atom is -0.862 e. The van der Waals surface area contributed by atoms with Gasteiger partial charge in [0, 0.05) is 12.3 Å². The molecule has 242 valence electrons. The molecule has 0 aromatic carbocycles. The van der Waals surface area contributed by atoms with Crippen LogP contribution in [-0.2, 0) is 36.8 Å². The van der Waals surface area contributed by atoms with Gasteiger partial charge in [0.15, 0.2) is 18.6 Å². The number of rotatable bonds is 11. The summed E-state index contributed by atoms with van der Waals surface area (Å²) >= 11 is 0. The third-order valence-corrected chi connectivity index (χ3v) is 8.38. The van der Waals surface area contributed by atoms with Crippen molar-refractivity contribution in [1.29, 1.82) is 0 Å². The van der Waals surface area contributed by atoms with E-state index in [2.05, 4.69) is 23.3 Å². The number of phosphoric acid groups is 2. The number of aromatic amines is 1. The predicted molar refractivity (Wildman–Crippen MR) is 131 cm³/mol. The van der Waals surface area contributed by atoms with E-state index < -0.39 is 106 Å². The summed E-state index contributed by atoms with van der Waals surface area (Å²) in [7, 11) is -11.5. The molecule has 0 spiro atoms. The Bertz CT molecular complexity index is 1460. The Hall–Kier alpha value is -0.850. The maximum atomic E-state index is 12.6. The number of aliphatic hydroxyl groups is 3. The minimum atomic E-state index is -5.83. The number of hydrogen-bond acceptors (Lipinski definition) is 17. The first-order valence-corrected chi connectivity index (χ1v) is 14.8. The summed E-state index contributed by atoms with van der Waals surface area (Å²) in [5.74, 6) is -3.82. The number of aliphatic hydroxyl groups excluding tert-OH is 3. The fourth-order valence-electron chi connectivity index (χ4n) is 4.05. The number of ether oxygens (including phenoxy) is 2. The molecule has 7 N–H and O–H groups in total. The third-order valence-electron chi connectivity index (χ3n) is 5.78. The van der Waals surface area contributed by atoms with Crippen molar-refractivity contribution in [2.24, 2.45) is 9.98 Å². The third kappa shape index (κ3) is 11.1. The molecule has 2 unspecified atom stereocenters. The zero-order valence-corrected chi connectivity index (χ0v) is 29.7. The molecule has 0 aliphatic carbocycles. The van der Waals surface area contributed by atoms with Gasteiger partial charge in [-0.15, -0.1) is 0 Å². The van der Waals surface area contributed by atoms with Crippen LogP contribution in [0.5, 0.6) is 0 Å². The Balaban J connectivity index is 0.00000506. The van der Waals surface area contributed by atoms with E-state index >= 15 is 0 Å². The van der Waals surface area contributed by atoms with E-state index in [0.29, 0.717) is 4.57 Å². The zero-order valence-electron chi connectivity index (χ0n) is 23.9. The SMILES string of the molecule is CC([O-])=N[C@H]1[C@@H](OP(=O)(O)OP(=O)(O)OC[C@H]2O[C@@H](n3ccc(=O)[nH]c3=O)[C@H](O)[C@@H]2O)O[C@H](C(=O)O)[C@@H](O)[C@@H]1N=C(C)[O-].[Na+].[Na+]. The van der Waals surface area contributed by atoms with E-state index in [1.165, 1.54) is 0 Å². The van der Waals surface area contributed by atoms with Gasteiger partial charge in [0.2, 0.25) is 0 Å². The van der Waals surface area contributed by atoms with Crippen LogP contribution in [0.3, 0.4) is 0 Å². The quantitative estimate of drug-likeness (QED) is 0.0486. The van der Waals surface area contributed by atoms with Crippen LogP contribution in [0.1, 0.15) is 20.1 Å². The number of aromatic nitrogens is 2. The van der Waals surface area contributed by atoms with Crippen LogP contribution < -0.4 is 80.6 Å². The molecular weight excluding hydrogens is 680 g/mol. The molecule has 22 nitrogen and oxygen atoms in total. The second kappa shape index (κ2) is 17.0. The van der Waals surface area contributed by atoms with Crippen LogP contribution in [0.25, 0.3) is 0 Å². The summed E-state index contributed by atoms with van der Waals surface area (Å²) in [6.45, 7) is 0.690. The van der Waals surface area contributed by atoms with Gasteiger partial charge in [-0.3, -0.25) is 33.4 Å². The predicted octanol–water partition coefficient (Wildman–Crippen LogP) is -11.1. The number of aliphatic carboxylic acids is 1. The molecule has 1 aromatic heterocycles. The Kier molecular flexibility index (Phi) is 15.9. The van der Waals surface area contributed by atoms with Crippen LogP contribution in [0.4, 0.5) is 0 Å². The summed E-state index contributed by atoms with van der Waals surface area (Å²) in [5, 5.41) is 63.4. The first-order valence-electron chi connectivity index (χ1n) is 11.8. The molecule has 45 heavy (non-hydrogen) atoms. The standard InChI is InChI=1S/C19H28N4O18P2.2Na/c1-6(24)20-10-11(21-7(2)25)18(39-15(13(10)28)17(30)31)40-43(35,36)41-42(33,34)37-5-8-12(27)14(29)16(38-8)23-4-3-9(26)22-19(23)32;;/h3-4,8,10-16,18,27-29H,5H2,1-2H3,(H,20,24)(H,21,25)(H,30,31)(H,33,34)(H,35,36)(H,22,26,32);;/q;2*+1/p-2/t8-,10-,11-,12-,13+,14-,15+,16-,18-;;/m1../s1. The summed E-state index contributed by atoms with van der Waals surface area (Å²) in [4.78, 5) is 63.8. The van der Waals surface area contributed by atoms with E-state index in [1.807, 2.05) is 4.98 Å².